The maximum Gasteiger partial charge on any atom is 0.336 e. The van der Waals surface area contributed by atoms with Gasteiger partial charge in [-0.15, -0.1) is 0 Å². The van der Waals surface area contributed by atoms with Gasteiger partial charge in [0.2, 0.25) is 0 Å². The van der Waals surface area contributed by atoms with Gasteiger partial charge in [0.05, 0.1) is 27.0 Å². The number of urea groups is 1. The van der Waals surface area contributed by atoms with E-state index in [1.165, 1.54) is 30.3 Å². The van der Waals surface area contributed by atoms with E-state index in [9.17, 15) is 14.0 Å². The second-order valence-electron chi connectivity index (χ2n) is 6.08. The van der Waals surface area contributed by atoms with Crippen LogP contribution in [0.5, 0.6) is 0 Å². The minimum Gasteiger partial charge on any atom is -0.396 e. The second-order valence-corrected chi connectivity index (χ2v) is 7.29. The van der Waals surface area contributed by atoms with Crippen LogP contribution in [0.25, 0.3) is 0 Å². The van der Waals surface area contributed by atoms with Gasteiger partial charge in [-0.2, -0.15) is 0 Å². The first-order chi connectivity index (χ1) is 14.3. The van der Waals surface area contributed by atoms with Crippen molar-refractivity contribution in [2.24, 2.45) is 0 Å². The molecule has 0 aliphatic carbocycles. The molecular weight excluding hydrogens is 450 g/mol. The summed E-state index contributed by atoms with van der Waals surface area (Å²) in [4.78, 5) is 24.6. The summed E-state index contributed by atoms with van der Waals surface area (Å²) in [6.07, 6.45) is 0. The van der Waals surface area contributed by atoms with Crippen LogP contribution >= 0.6 is 36.0 Å². The van der Waals surface area contributed by atoms with Gasteiger partial charge in [-0.05, 0) is 48.5 Å². The predicted octanol–water partition coefficient (Wildman–Crippen LogP) is 5.85. The molecule has 3 amide bonds. The zero-order chi connectivity index (χ0) is 21.8. The summed E-state index contributed by atoms with van der Waals surface area (Å²) in [6.45, 7) is 0. The zero-order valence-corrected chi connectivity index (χ0v) is 17.6. The van der Waals surface area contributed by atoms with E-state index in [0.29, 0.717) is 17.1 Å². The molecule has 0 saturated carbocycles. The highest BCUT2D eigenvalue weighted by atomic mass is 35.5. The number of anilines is 4. The number of nitrogens with zero attached hydrogens (tertiary/aromatic N) is 1. The first-order valence-electron chi connectivity index (χ1n) is 8.46. The summed E-state index contributed by atoms with van der Waals surface area (Å²) in [5.41, 5.74) is 7.01. The van der Waals surface area contributed by atoms with Gasteiger partial charge in [0.15, 0.2) is 0 Å². The zero-order valence-electron chi connectivity index (χ0n) is 15.2. The summed E-state index contributed by atoms with van der Waals surface area (Å²) < 4.78 is 14.8. The molecule has 0 aliphatic rings. The van der Waals surface area contributed by atoms with E-state index in [2.05, 4.69) is 23.4 Å². The Morgan fingerprint density at radius 2 is 1.53 bits per heavy atom. The van der Waals surface area contributed by atoms with E-state index in [-0.39, 0.29) is 21.3 Å². The number of thiol groups is 1. The Morgan fingerprint density at radius 3 is 2.13 bits per heavy atom. The number of nitrogens with two attached hydrogens (primary N) is 1. The lowest BCUT2D eigenvalue weighted by atomic mass is 10.2. The molecule has 0 aromatic heterocycles. The van der Waals surface area contributed by atoms with Gasteiger partial charge in [0, 0.05) is 11.4 Å². The fraction of sp³-hybridized carbons (Fsp3) is 0. The van der Waals surface area contributed by atoms with Gasteiger partial charge >= 0.3 is 6.03 Å². The number of nitrogen functional groups attached to an aromatic ring is 1. The van der Waals surface area contributed by atoms with Crippen molar-refractivity contribution in [2.45, 2.75) is 0 Å². The molecule has 0 radical (unpaired) electrons. The number of benzene rings is 3. The normalized spacial score (nSPS) is 10.4. The monoisotopic (exact) mass is 464 g/mol. The maximum atomic E-state index is 13.7. The number of nitrogens with one attached hydrogen (secondary N) is 2. The van der Waals surface area contributed by atoms with Crippen molar-refractivity contribution in [2.75, 3.05) is 20.7 Å². The van der Waals surface area contributed by atoms with Crippen molar-refractivity contribution in [1.29, 1.82) is 0 Å². The van der Waals surface area contributed by atoms with Crippen LogP contribution in [0.15, 0.2) is 60.7 Å². The molecule has 154 valence electrons. The number of carbonyl (C=O) groups excluding carboxylic acids is 2. The van der Waals surface area contributed by atoms with E-state index >= 15 is 0 Å². The van der Waals surface area contributed by atoms with Crippen LogP contribution in [0.1, 0.15) is 10.4 Å². The Hall–Kier alpha value is -2.94. The first-order valence-corrected chi connectivity index (χ1v) is 9.62. The Kier molecular flexibility index (Phi) is 6.71. The Labute approximate surface area is 187 Å². The number of halogens is 3. The smallest absolute Gasteiger partial charge is 0.336 e. The Bertz CT molecular complexity index is 1090. The van der Waals surface area contributed by atoms with Crippen LogP contribution in [0.4, 0.5) is 31.9 Å². The molecule has 0 atom stereocenters. The molecule has 30 heavy (non-hydrogen) atoms. The number of carbonyl (C=O) groups is 2. The molecule has 0 unspecified atom stereocenters. The number of amides is 3. The summed E-state index contributed by atoms with van der Waals surface area (Å²) in [6, 6.07) is 14.2. The minimum atomic E-state index is -0.618. The average Bonchev–Trinajstić information content (AvgIpc) is 2.72. The fourth-order valence-electron chi connectivity index (χ4n) is 2.48. The lowest BCUT2D eigenvalue weighted by molar-refractivity contribution is 0.102. The summed E-state index contributed by atoms with van der Waals surface area (Å²) >= 11 is 16.1. The molecule has 4 N–H and O–H groups in total. The van der Waals surface area contributed by atoms with E-state index < -0.39 is 17.8 Å². The maximum absolute atomic E-state index is 13.7. The summed E-state index contributed by atoms with van der Waals surface area (Å²) in [5.74, 6) is -1.20. The van der Waals surface area contributed by atoms with Gasteiger partial charge in [0.1, 0.15) is 5.82 Å². The lowest BCUT2D eigenvalue weighted by Gasteiger charge is -2.17. The van der Waals surface area contributed by atoms with Crippen LogP contribution in [0.2, 0.25) is 10.0 Å². The van der Waals surface area contributed by atoms with E-state index in [0.717, 1.165) is 4.31 Å². The van der Waals surface area contributed by atoms with Crippen LogP contribution in [-0.2, 0) is 0 Å². The summed E-state index contributed by atoms with van der Waals surface area (Å²) in [5, 5.41) is 5.60. The Balaban J connectivity index is 1.67. The van der Waals surface area contributed by atoms with Crippen LogP contribution < -0.4 is 20.7 Å². The second kappa shape index (κ2) is 9.25. The fourth-order valence-corrected chi connectivity index (χ4v) is 3.15. The molecule has 3 aromatic rings. The SMILES string of the molecule is Nc1c(Cl)cc(NC(=O)N(S)c2ccc(NC(=O)c3ccccc3F)cc2)cc1Cl. The molecule has 10 heteroatoms. The van der Waals surface area contributed by atoms with E-state index in [1.54, 1.807) is 30.3 Å². The van der Waals surface area contributed by atoms with E-state index in [4.69, 9.17) is 28.9 Å². The molecule has 0 fully saturated rings. The molecule has 0 heterocycles. The lowest BCUT2D eigenvalue weighted by Crippen LogP contribution is -2.26. The van der Waals surface area contributed by atoms with Crippen molar-refractivity contribution in [3.8, 4) is 0 Å². The highest BCUT2D eigenvalue weighted by Crippen LogP contribution is 2.31. The van der Waals surface area contributed by atoms with Crippen LogP contribution in [0.3, 0.4) is 0 Å². The molecule has 0 bridgehead atoms. The highest BCUT2D eigenvalue weighted by molar-refractivity contribution is 7.82. The molecule has 3 rings (SSSR count). The molecule has 0 aliphatic heterocycles. The van der Waals surface area contributed by atoms with Gasteiger partial charge in [0.25, 0.3) is 5.91 Å². The van der Waals surface area contributed by atoms with Crippen molar-refractivity contribution in [3.63, 3.8) is 0 Å². The number of hydrogen-bond donors (Lipinski definition) is 4. The number of rotatable bonds is 4. The first kappa shape index (κ1) is 21.8. The topological polar surface area (TPSA) is 87.5 Å². The number of hydrogen-bond acceptors (Lipinski definition) is 4. The van der Waals surface area contributed by atoms with Crippen molar-refractivity contribution < 1.29 is 14.0 Å². The standard InChI is InChI=1S/C20H15Cl2FN4O2S/c21-15-9-12(10-16(22)18(15)24)26-20(29)27(30)13-7-5-11(6-8-13)25-19(28)14-3-1-2-4-17(14)23/h1-10,30H,24H2,(H,25,28)(H,26,29). The third-order valence-electron chi connectivity index (χ3n) is 4.01. The van der Waals surface area contributed by atoms with Crippen LogP contribution in [0, 0.1) is 5.82 Å². The Morgan fingerprint density at radius 1 is 0.933 bits per heavy atom. The van der Waals surface area contributed by atoms with Gasteiger partial charge in [-0.25, -0.2) is 13.5 Å². The quantitative estimate of drug-likeness (QED) is 0.288. The van der Waals surface area contributed by atoms with Crippen molar-refractivity contribution in [3.05, 3.63) is 82.1 Å². The molecule has 6 nitrogen and oxygen atoms in total. The predicted molar refractivity (Wildman–Crippen MR) is 122 cm³/mol. The minimum absolute atomic E-state index is 0.0717. The average molecular weight is 465 g/mol. The highest BCUT2D eigenvalue weighted by Gasteiger charge is 2.15. The summed E-state index contributed by atoms with van der Waals surface area (Å²) in [7, 11) is 0. The molecule has 0 spiro atoms. The van der Waals surface area contributed by atoms with Gasteiger partial charge < -0.3 is 16.4 Å². The van der Waals surface area contributed by atoms with Gasteiger partial charge in [-0.3, -0.25) is 4.79 Å². The van der Waals surface area contributed by atoms with Gasteiger partial charge in [-0.1, -0.05) is 48.1 Å². The van der Waals surface area contributed by atoms with Crippen molar-refractivity contribution >= 4 is 70.7 Å². The largest absolute Gasteiger partial charge is 0.396 e. The van der Waals surface area contributed by atoms with Crippen LogP contribution in [-0.4, -0.2) is 11.9 Å². The molecule has 0 saturated heterocycles. The third-order valence-corrected chi connectivity index (χ3v) is 5.05. The van der Waals surface area contributed by atoms with E-state index in [1.807, 2.05) is 0 Å². The molecular formula is C20H15Cl2FN4O2S. The van der Waals surface area contributed by atoms with Crippen molar-refractivity contribution in [1.82, 2.24) is 0 Å². The molecule has 3 aromatic carbocycles. The third kappa shape index (κ3) is 4.96.